The summed E-state index contributed by atoms with van der Waals surface area (Å²) in [6, 6.07) is 13.8. The van der Waals surface area contributed by atoms with Gasteiger partial charge in [0, 0.05) is 37.1 Å². The van der Waals surface area contributed by atoms with Crippen LogP contribution >= 0.6 is 0 Å². The van der Waals surface area contributed by atoms with Crippen LogP contribution in [-0.2, 0) is 4.74 Å². The Morgan fingerprint density at radius 3 is 2.18 bits per heavy atom. The standard InChI is InChI=1S/C22H28N2O4/c1-4-16(2)28-20-12-8-18(9-13-20)22(26)24-19-10-6-17(7-11-19)21(25)23-14-5-15-27-3/h6-13,16H,4-5,14-15H2,1-3H3,(H,23,25)(H,24,26). The summed E-state index contributed by atoms with van der Waals surface area (Å²) in [5.74, 6) is 0.379. The zero-order valence-corrected chi connectivity index (χ0v) is 16.7. The van der Waals surface area contributed by atoms with Crippen LogP contribution in [0.4, 0.5) is 5.69 Å². The number of rotatable bonds is 10. The minimum atomic E-state index is -0.216. The van der Waals surface area contributed by atoms with E-state index in [1.54, 1.807) is 55.6 Å². The van der Waals surface area contributed by atoms with Gasteiger partial charge in [-0.2, -0.15) is 0 Å². The molecule has 2 N–H and O–H groups in total. The number of nitrogens with one attached hydrogen (secondary N) is 2. The summed E-state index contributed by atoms with van der Waals surface area (Å²) in [5, 5.41) is 5.65. The van der Waals surface area contributed by atoms with E-state index in [0.717, 1.165) is 18.6 Å². The van der Waals surface area contributed by atoms with E-state index in [1.165, 1.54) is 0 Å². The lowest BCUT2D eigenvalue weighted by molar-refractivity contribution is 0.0948. The Hall–Kier alpha value is -2.86. The Bertz CT molecular complexity index is 757. The van der Waals surface area contributed by atoms with Crippen molar-refractivity contribution in [1.29, 1.82) is 0 Å². The van der Waals surface area contributed by atoms with Crippen molar-refractivity contribution in [2.45, 2.75) is 32.8 Å². The molecule has 0 fully saturated rings. The van der Waals surface area contributed by atoms with Crippen molar-refractivity contribution in [3.8, 4) is 5.75 Å². The van der Waals surface area contributed by atoms with Gasteiger partial charge in [0.25, 0.3) is 11.8 Å². The van der Waals surface area contributed by atoms with Crippen molar-refractivity contribution in [3.63, 3.8) is 0 Å². The van der Waals surface area contributed by atoms with E-state index in [0.29, 0.717) is 30.0 Å². The van der Waals surface area contributed by atoms with Crippen LogP contribution in [0.3, 0.4) is 0 Å². The Labute approximate surface area is 166 Å². The van der Waals surface area contributed by atoms with Crippen molar-refractivity contribution >= 4 is 17.5 Å². The summed E-state index contributed by atoms with van der Waals surface area (Å²) < 4.78 is 10.7. The zero-order valence-electron chi connectivity index (χ0n) is 16.7. The van der Waals surface area contributed by atoms with Crippen LogP contribution in [0.2, 0.25) is 0 Å². The molecule has 1 atom stereocenters. The average molecular weight is 384 g/mol. The summed E-state index contributed by atoms with van der Waals surface area (Å²) in [6.45, 7) is 5.23. The molecule has 2 amide bonds. The smallest absolute Gasteiger partial charge is 0.255 e. The SMILES string of the molecule is CCC(C)Oc1ccc(C(=O)Nc2ccc(C(=O)NCCCOC)cc2)cc1. The molecule has 0 saturated heterocycles. The topological polar surface area (TPSA) is 76.7 Å². The second kappa shape index (κ2) is 11.1. The van der Waals surface area contributed by atoms with Gasteiger partial charge in [-0.25, -0.2) is 0 Å². The third-order valence-corrected chi connectivity index (χ3v) is 4.24. The third-order valence-electron chi connectivity index (χ3n) is 4.24. The van der Waals surface area contributed by atoms with Gasteiger partial charge >= 0.3 is 0 Å². The van der Waals surface area contributed by atoms with Gasteiger partial charge in [0.1, 0.15) is 5.75 Å². The first kappa shape index (κ1) is 21.4. The van der Waals surface area contributed by atoms with Gasteiger partial charge in [-0.3, -0.25) is 9.59 Å². The molecule has 0 radical (unpaired) electrons. The maximum atomic E-state index is 12.4. The minimum absolute atomic E-state index is 0.135. The van der Waals surface area contributed by atoms with Crippen LogP contribution in [0.1, 0.15) is 47.4 Å². The molecule has 28 heavy (non-hydrogen) atoms. The number of anilines is 1. The summed E-state index contributed by atoms with van der Waals surface area (Å²) in [6.07, 6.45) is 1.82. The lowest BCUT2D eigenvalue weighted by Crippen LogP contribution is -2.25. The van der Waals surface area contributed by atoms with Crippen molar-refractivity contribution < 1.29 is 19.1 Å². The highest BCUT2D eigenvalue weighted by atomic mass is 16.5. The lowest BCUT2D eigenvalue weighted by Gasteiger charge is -2.12. The molecule has 0 spiro atoms. The molecular formula is C22H28N2O4. The summed E-state index contributed by atoms with van der Waals surface area (Å²) >= 11 is 0. The Balaban J connectivity index is 1.89. The first-order valence-corrected chi connectivity index (χ1v) is 9.48. The van der Waals surface area contributed by atoms with E-state index in [4.69, 9.17) is 9.47 Å². The first-order chi connectivity index (χ1) is 13.5. The van der Waals surface area contributed by atoms with Gasteiger partial charge in [0.2, 0.25) is 0 Å². The number of ether oxygens (including phenoxy) is 2. The molecule has 6 nitrogen and oxygen atoms in total. The molecule has 0 bridgehead atoms. The van der Waals surface area contributed by atoms with Crippen LogP contribution in [0.25, 0.3) is 0 Å². The molecule has 0 aliphatic rings. The Morgan fingerprint density at radius 2 is 1.57 bits per heavy atom. The molecule has 1 unspecified atom stereocenters. The van der Waals surface area contributed by atoms with E-state index in [2.05, 4.69) is 17.6 Å². The van der Waals surface area contributed by atoms with Crippen molar-refractivity contribution in [1.82, 2.24) is 5.32 Å². The fourth-order valence-corrected chi connectivity index (χ4v) is 2.43. The fourth-order valence-electron chi connectivity index (χ4n) is 2.43. The highest BCUT2D eigenvalue weighted by molar-refractivity contribution is 6.04. The van der Waals surface area contributed by atoms with Gasteiger partial charge in [-0.1, -0.05) is 6.92 Å². The molecule has 2 aromatic rings. The van der Waals surface area contributed by atoms with Gasteiger partial charge in [-0.15, -0.1) is 0 Å². The van der Waals surface area contributed by atoms with Crippen molar-refractivity contribution in [2.24, 2.45) is 0 Å². The predicted molar refractivity (Wildman–Crippen MR) is 110 cm³/mol. The largest absolute Gasteiger partial charge is 0.491 e. The number of hydrogen-bond acceptors (Lipinski definition) is 4. The number of carbonyl (C=O) groups excluding carboxylic acids is 2. The van der Waals surface area contributed by atoms with E-state index in [1.807, 2.05) is 6.92 Å². The number of benzene rings is 2. The number of amides is 2. The average Bonchev–Trinajstić information content (AvgIpc) is 2.72. The van der Waals surface area contributed by atoms with Crippen LogP contribution < -0.4 is 15.4 Å². The highest BCUT2D eigenvalue weighted by Gasteiger charge is 2.09. The normalized spacial score (nSPS) is 11.5. The molecule has 150 valence electrons. The van der Waals surface area contributed by atoms with Crippen LogP contribution in [-0.4, -0.2) is 38.2 Å². The molecule has 2 aromatic carbocycles. The lowest BCUT2D eigenvalue weighted by atomic mass is 10.1. The summed E-state index contributed by atoms with van der Waals surface area (Å²) in [7, 11) is 1.63. The number of carbonyl (C=O) groups is 2. The quantitative estimate of drug-likeness (QED) is 0.610. The van der Waals surface area contributed by atoms with Crippen LogP contribution in [0.5, 0.6) is 5.75 Å². The van der Waals surface area contributed by atoms with Crippen molar-refractivity contribution in [3.05, 3.63) is 59.7 Å². The van der Waals surface area contributed by atoms with E-state index in [9.17, 15) is 9.59 Å². The second-order valence-electron chi connectivity index (χ2n) is 6.49. The monoisotopic (exact) mass is 384 g/mol. The molecule has 6 heteroatoms. The highest BCUT2D eigenvalue weighted by Crippen LogP contribution is 2.16. The zero-order chi connectivity index (χ0) is 20.4. The molecular weight excluding hydrogens is 356 g/mol. The minimum Gasteiger partial charge on any atom is -0.491 e. The third kappa shape index (κ3) is 6.70. The summed E-state index contributed by atoms with van der Waals surface area (Å²) in [4.78, 5) is 24.4. The molecule has 0 saturated carbocycles. The van der Waals surface area contributed by atoms with Crippen molar-refractivity contribution in [2.75, 3.05) is 25.6 Å². The van der Waals surface area contributed by atoms with Crippen LogP contribution in [0, 0.1) is 0 Å². The first-order valence-electron chi connectivity index (χ1n) is 9.48. The van der Waals surface area contributed by atoms with Gasteiger partial charge in [0.15, 0.2) is 0 Å². The predicted octanol–water partition coefficient (Wildman–Crippen LogP) is 3.88. The fraction of sp³-hybridized carbons (Fsp3) is 0.364. The molecule has 0 aliphatic carbocycles. The van der Waals surface area contributed by atoms with E-state index < -0.39 is 0 Å². The van der Waals surface area contributed by atoms with Crippen LogP contribution in [0.15, 0.2) is 48.5 Å². The number of methoxy groups -OCH3 is 1. The maximum absolute atomic E-state index is 12.4. The van der Waals surface area contributed by atoms with E-state index >= 15 is 0 Å². The van der Waals surface area contributed by atoms with E-state index in [-0.39, 0.29) is 17.9 Å². The second-order valence-corrected chi connectivity index (χ2v) is 6.49. The number of hydrogen-bond donors (Lipinski definition) is 2. The summed E-state index contributed by atoms with van der Waals surface area (Å²) in [5.41, 5.74) is 1.71. The Morgan fingerprint density at radius 1 is 0.964 bits per heavy atom. The molecule has 0 aliphatic heterocycles. The van der Waals surface area contributed by atoms with Gasteiger partial charge < -0.3 is 20.1 Å². The van der Waals surface area contributed by atoms with Gasteiger partial charge in [-0.05, 0) is 68.3 Å². The Kier molecular flexibility index (Phi) is 8.49. The molecule has 0 heterocycles. The maximum Gasteiger partial charge on any atom is 0.255 e. The molecule has 0 aromatic heterocycles. The molecule has 2 rings (SSSR count). The van der Waals surface area contributed by atoms with Gasteiger partial charge in [0.05, 0.1) is 6.10 Å².